The largest absolute Gasteiger partial charge is 0.396 e. The number of carbonyl (C=O) groups excluding carboxylic acids is 1. The number of aryl methyl sites for hydroxylation is 2. The Morgan fingerprint density at radius 1 is 1.22 bits per heavy atom. The van der Waals surface area contributed by atoms with E-state index in [9.17, 15) is 4.79 Å². The number of urea groups is 1. The summed E-state index contributed by atoms with van der Waals surface area (Å²) in [6.07, 6.45) is 0. The molecule has 0 heterocycles. The van der Waals surface area contributed by atoms with Crippen LogP contribution >= 0.6 is 0 Å². The average molecular weight is 250 g/mol. The molecule has 1 rings (SSSR count). The van der Waals surface area contributed by atoms with Crippen LogP contribution in [0.5, 0.6) is 0 Å². The first-order chi connectivity index (χ1) is 8.42. The molecule has 1 aromatic rings. The molecule has 0 bridgehead atoms. The van der Waals surface area contributed by atoms with Crippen LogP contribution in [0.25, 0.3) is 0 Å². The van der Waals surface area contributed by atoms with Gasteiger partial charge in [-0.3, -0.25) is 0 Å². The Bertz CT molecular complexity index is 398. The summed E-state index contributed by atoms with van der Waals surface area (Å²) in [5, 5.41) is 14.6. The summed E-state index contributed by atoms with van der Waals surface area (Å²) < 4.78 is 0. The van der Waals surface area contributed by atoms with Crippen LogP contribution in [-0.2, 0) is 0 Å². The van der Waals surface area contributed by atoms with Crippen molar-refractivity contribution in [3.05, 3.63) is 29.3 Å². The van der Waals surface area contributed by atoms with Crippen molar-refractivity contribution in [3.8, 4) is 0 Å². The van der Waals surface area contributed by atoms with Crippen LogP contribution in [0.2, 0.25) is 0 Å². The molecule has 2 unspecified atom stereocenters. The minimum absolute atomic E-state index is 0.0370. The first-order valence-corrected chi connectivity index (χ1v) is 6.19. The molecular formula is C14H22N2O2. The average Bonchev–Trinajstić information content (AvgIpc) is 2.25. The van der Waals surface area contributed by atoms with E-state index >= 15 is 0 Å². The lowest BCUT2D eigenvalue weighted by Gasteiger charge is -2.19. The summed E-state index contributed by atoms with van der Waals surface area (Å²) in [6.45, 7) is 7.81. The van der Waals surface area contributed by atoms with Crippen LogP contribution in [-0.4, -0.2) is 23.8 Å². The fourth-order valence-corrected chi connectivity index (χ4v) is 1.72. The zero-order valence-electron chi connectivity index (χ0n) is 11.4. The van der Waals surface area contributed by atoms with Gasteiger partial charge in [0, 0.05) is 18.3 Å². The smallest absolute Gasteiger partial charge is 0.319 e. The van der Waals surface area contributed by atoms with E-state index in [1.807, 2.05) is 39.8 Å². The number of hydrogen-bond acceptors (Lipinski definition) is 2. The highest BCUT2D eigenvalue weighted by Gasteiger charge is 2.13. The third-order valence-electron chi connectivity index (χ3n) is 2.98. The molecule has 0 aliphatic rings. The highest BCUT2D eigenvalue weighted by molar-refractivity contribution is 5.89. The Balaban J connectivity index is 2.59. The van der Waals surface area contributed by atoms with Crippen molar-refractivity contribution < 1.29 is 9.90 Å². The number of rotatable bonds is 4. The second kappa shape index (κ2) is 6.40. The maximum absolute atomic E-state index is 11.8. The molecule has 0 fully saturated rings. The lowest BCUT2D eigenvalue weighted by molar-refractivity contribution is 0.204. The normalized spacial score (nSPS) is 13.8. The fourth-order valence-electron chi connectivity index (χ4n) is 1.72. The molecule has 0 radical (unpaired) electrons. The van der Waals surface area contributed by atoms with Crippen molar-refractivity contribution >= 4 is 11.7 Å². The summed E-state index contributed by atoms with van der Waals surface area (Å²) in [7, 11) is 0. The third kappa shape index (κ3) is 4.37. The van der Waals surface area contributed by atoms with E-state index < -0.39 is 0 Å². The lowest BCUT2D eigenvalue weighted by atomic mass is 10.1. The van der Waals surface area contributed by atoms with Gasteiger partial charge in [-0.15, -0.1) is 0 Å². The van der Waals surface area contributed by atoms with Crippen LogP contribution in [0.4, 0.5) is 10.5 Å². The molecule has 4 nitrogen and oxygen atoms in total. The Kier molecular flexibility index (Phi) is 5.16. The number of anilines is 1. The molecule has 2 amide bonds. The predicted octanol–water partition coefficient (Wildman–Crippen LogP) is 2.44. The van der Waals surface area contributed by atoms with Gasteiger partial charge in [-0.05, 0) is 49.9 Å². The Morgan fingerprint density at radius 2 is 1.78 bits per heavy atom. The molecule has 2 atom stereocenters. The molecule has 0 aliphatic carbocycles. The van der Waals surface area contributed by atoms with E-state index in [1.165, 1.54) is 0 Å². The van der Waals surface area contributed by atoms with E-state index in [2.05, 4.69) is 16.7 Å². The number of aliphatic hydroxyl groups is 1. The Labute approximate surface area is 108 Å². The first-order valence-electron chi connectivity index (χ1n) is 6.19. The van der Waals surface area contributed by atoms with Gasteiger partial charge in [-0.25, -0.2) is 4.79 Å². The van der Waals surface area contributed by atoms with Gasteiger partial charge in [0.1, 0.15) is 0 Å². The van der Waals surface area contributed by atoms with Gasteiger partial charge < -0.3 is 15.7 Å². The summed E-state index contributed by atoms with van der Waals surface area (Å²) in [5.41, 5.74) is 3.01. The number of benzene rings is 1. The molecule has 0 aromatic heterocycles. The topological polar surface area (TPSA) is 61.4 Å². The minimum Gasteiger partial charge on any atom is -0.396 e. The first kappa shape index (κ1) is 14.5. The maximum atomic E-state index is 11.8. The molecule has 18 heavy (non-hydrogen) atoms. The van der Waals surface area contributed by atoms with Crippen LogP contribution in [0, 0.1) is 19.8 Å². The number of hydrogen-bond donors (Lipinski definition) is 3. The highest BCUT2D eigenvalue weighted by atomic mass is 16.3. The van der Waals surface area contributed by atoms with Crippen molar-refractivity contribution in [3.63, 3.8) is 0 Å². The second-order valence-corrected chi connectivity index (χ2v) is 4.92. The van der Waals surface area contributed by atoms with Crippen molar-refractivity contribution in [1.29, 1.82) is 0 Å². The molecule has 0 aliphatic heterocycles. The molecule has 0 saturated carbocycles. The van der Waals surface area contributed by atoms with E-state index in [-0.39, 0.29) is 24.6 Å². The number of carbonyl (C=O) groups is 1. The molecule has 1 aromatic carbocycles. The summed E-state index contributed by atoms with van der Waals surface area (Å²) in [6, 6.07) is 5.59. The standard InChI is InChI=1S/C14H22N2O2/c1-9-5-10(2)7-13(6-9)16-14(18)15-12(4)11(3)8-17/h5-7,11-12,17H,8H2,1-4H3,(H2,15,16,18). The van der Waals surface area contributed by atoms with Crippen molar-refractivity contribution in [1.82, 2.24) is 5.32 Å². The Hall–Kier alpha value is -1.55. The molecule has 0 saturated heterocycles. The molecule has 0 spiro atoms. The zero-order valence-corrected chi connectivity index (χ0v) is 11.4. The highest BCUT2D eigenvalue weighted by Crippen LogP contribution is 2.13. The van der Waals surface area contributed by atoms with E-state index in [0.29, 0.717) is 0 Å². The summed E-state index contributed by atoms with van der Waals surface area (Å²) >= 11 is 0. The van der Waals surface area contributed by atoms with Crippen LogP contribution in [0.1, 0.15) is 25.0 Å². The van der Waals surface area contributed by atoms with Gasteiger partial charge in [0.15, 0.2) is 0 Å². The number of amides is 2. The second-order valence-electron chi connectivity index (χ2n) is 4.92. The maximum Gasteiger partial charge on any atom is 0.319 e. The third-order valence-corrected chi connectivity index (χ3v) is 2.98. The predicted molar refractivity (Wildman–Crippen MR) is 73.8 cm³/mol. The van der Waals surface area contributed by atoms with E-state index in [4.69, 9.17) is 5.11 Å². The monoisotopic (exact) mass is 250 g/mol. The van der Waals surface area contributed by atoms with Gasteiger partial charge in [0.2, 0.25) is 0 Å². The fraction of sp³-hybridized carbons (Fsp3) is 0.500. The molecule has 3 N–H and O–H groups in total. The van der Waals surface area contributed by atoms with Crippen molar-refractivity contribution in [2.24, 2.45) is 5.92 Å². The molecular weight excluding hydrogens is 228 g/mol. The van der Waals surface area contributed by atoms with Crippen LogP contribution in [0.15, 0.2) is 18.2 Å². The molecule has 100 valence electrons. The van der Waals surface area contributed by atoms with E-state index in [0.717, 1.165) is 16.8 Å². The number of aliphatic hydroxyl groups excluding tert-OH is 1. The van der Waals surface area contributed by atoms with Gasteiger partial charge in [-0.1, -0.05) is 13.0 Å². The van der Waals surface area contributed by atoms with Gasteiger partial charge in [-0.2, -0.15) is 0 Å². The van der Waals surface area contributed by atoms with Gasteiger partial charge in [0.25, 0.3) is 0 Å². The van der Waals surface area contributed by atoms with Crippen molar-refractivity contribution in [2.75, 3.05) is 11.9 Å². The summed E-state index contributed by atoms with van der Waals surface area (Å²) in [5.74, 6) is 0.0370. The van der Waals surface area contributed by atoms with Gasteiger partial charge in [0.05, 0.1) is 0 Å². The van der Waals surface area contributed by atoms with Crippen LogP contribution in [0.3, 0.4) is 0 Å². The molecule has 4 heteroatoms. The van der Waals surface area contributed by atoms with Crippen LogP contribution < -0.4 is 10.6 Å². The van der Waals surface area contributed by atoms with Gasteiger partial charge >= 0.3 is 6.03 Å². The quantitative estimate of drug-likeness (QED) is 0.768. The Morgan fingerprint density at radius 3 is 2.28 bits per heavy atom. The number of nitrogens with one attached hydrogen (secondary N) is 2. The lowest BCUT2D eigenvalue weighted by Crippen LogP contribution is -2.40. The minimum atomic E-state index is -0.243. The zero-order chi connectivity index (χ0) is 13.7. The summed E-state index contributed by atoms with van der Waals surface area (Å²) in [4.78, 5) is 11.8. The van der Waals surface area contributed by atoms with Crippen molar-refractivity contribution in [2.45, 2.75) is 33.7 Å². The van der Waals surface area contributed by atoms with E-state index in [1.54, 1.807) is 0 Å². The SMILES string of the molecule is Cc1cc(C)cc(NC(=O)NC(C)C(C)CO)c1.